The van der Waals surface area contributed by atoms with Gasteiger partial charge in [0.05, 0.1) is 5.52 Å². The normalized spacial score (nSPS) is 14.4. The number of piperazine rings is 1. The Morgan fingerprint density at radius 1 is 1.11 bits per heavy atom. The van der Waals surface area contributed by atoms with Gasteiger partial charge in [-0.05, 0) is 18.2 Å². The lowest BCUT2D eigenvalue weighted by atomic mass is 10.0. The summed E-state index contributed by atoms with van der Waals surface area (Å²) in [5, 5.41) is 1.23. The Morgan fingerprint density at radius 3 is 2.57 bits per heavy atom. The molecule has 3 aromatic rings. The number of amides is 1. The number of rotatable bonds is 3. The van der Waals surface area contributed by atoms with Crippen LogP contribution in [0.5, 0.6) is 0 Å². The van der Waals surface area contributed by atoms with E-state index in [4.69, 9.17) is 11.6 Å². The van der Waals surface area contributed by atoms with Gasteiger partial charge in [-0.15, -0.1) is 0 Å². The van der Waals surface area contributed by atoms with Crippen molar-refractivity contribution >= 4 is 34.2 Å². The van der Waals surface area contributed by atoms with Crippen molar-refractivity contribution in [2.75, 3.05) is 31.1 Å². The van der Waals surface area contributed by atoms with Crippen molar-refractivity contribution in [3.63, 3.8) is 0 Å². The summed E-state index contributed by atoms with van der Waals surface area (Å²) in [5.41, 5.74) is 1.57. The number of hydrogen-bond donors (Lipinski definition) is 0. The molecule has 2 heterocycles. The molecule has 4 rings (SSSR count). The van der Waals surface area contributed by atoms with Crippen molar-refractivity contribution < 1.29 is 9.18 Å². The standard InChI is InChI=1S/C21H18ClFN4O/c1-2-20(28)26-7-9-27(10-8-26)21-16-11-15(14-5-3-4-6-17(14)22)18(23)12-19(16)24-13-25-21/h2-6,11-13H,1,7-10H2. The molecule has 0 unspecified atom stereocenters. The van der Waals surface area contributed by atoms with Crippen molar-refractivity contribution in [1.82, 2.24) is 14.9 Å². The van der Waals surface area contributed by atoms with E-state index in [-0.39, 0.29) is 11.7 Å². The molecule has 7 heteroatoms. The Morgan fingerprint density at radius 2 is 1.86 bits per heavy atom. The molecule has 1 amide bonds. The third kappa shape index (κ3) is 3.31. The number of nitrogens with zero attached hydrogens (tertiary/aromatic N) is 4. The zero-order valence-electron chi connectivity index (χ0n) is 15.1. The maximum Gasteiger partial charge on any atom is 0.246 e. The van der Waals surface area contributed by atoms with Crippen LogP contribution in [0.25, 0.3) is 22.0 Å². The fourth-order valence-corrected chi connectivity index (χ4v) is 3.71. The van der Waals surface area contributed by atoms with E-state index in [9.17, 15) is 9.18 Å². The molecular formula is C21H18ClFN4O. The lowest BCUT2D eigenvalue weighted by Gasteiger charge is -2.35. The monoisotopic (exact) mass is 396 g/mol. The molecule has 0 N–H and O–H groups in total. The fraction of sp³-hybridized carbons (Fsp3) is 0.190. The van der Waals surface area contributed by atoms with Gasteiger partial charge in [-0.3, -0.25) is 4.79 Å². The van der Waals surface area contributed by atoms with Gasteiger partial charge in [0.25, 0.3) is 0 Å². The maximum absolute atomic E-state index is 14.8. The molecule has 0 radical (unpaired) electrons. The van der Waals surface area contributed by atoms with Crippen molar-refractivity contribution in [3.05, 3.63) is 66.2 Å². The molecule has 1 saturated heterocycles. The molecule has 1 aromatic heterocycles. The lowest BCUT2D eigenvalue weighted by Crippen LogP contribution is -2.48. The van der Waals surface area contributed by atoms with Crippen LogP contribution in [0, 0.1) is 5.82 Å². The van der Waals surface area contributed by atoms with Gasteiger partial charge in [-0.2, -0.15) is 0 Å². The quantitative estimate of drug-likeness (QED) is 0.629. The molecule has 142 valence electrons. The highest BCUT2D eigenvalue weighted by atomic mass is 35.5. The molecule has 1 fully saturated rings. The second-order valence-corrected chi connectivity index (χ2v) is 6.95. The number of benzene rings is 2. The maximum atomic E-state index is 14.8. The molecule has 28 heavy (non-hydrogen) atoms. The second-order valence-electron chi connectivity index (χ2n) is 6.54. The molecule has 5 nitrogen and oxygen atoms in total. The Balaban J connectivity index is 1.74. The van der Waals surface area contributed by atoms with E-state index in [1.807, 2.05) is 12.1 Å². The third-order valence-corrected chi connectivity index (χ3v) is 5.26. The Labute approximate surface area is 167 Å². The minimum absolute atomic E-state index is 0.0738. The third-order valence-electron chi connectivity index (χ3n) is 4.93. The van der Waals surface area contributed by atoms with E-state index < -0.39 is 0 Å². The number of carbonyl (C=O) groups excluding carboxylic acids is 1. The molecule has 1 aliphatic heterocycles. The molecule has 0 aliphatic carbocycles. The summed E-state index contributed by atoms with van der Waals surface area (Å²) in [6.07, 6.45) is 2.77. The lowest BCUT2D eigenvalue weighted by molar-refractivity contribution is -0.126. The predicted octanol–water partition coefficient (Wildman–Crippen LogP) is 3.92. The number of anilines is 1. The Hall–Kier alpha value is -2.99. The van der Waals surface area contributed by atoms with Gasteiger partial charge in [0.15, 0.2) is 0 Å². The fourth-order valence-electron chi connectivity index (χ4n) is 3.47. The Bertz CT molecular complexity index is 1060. The van der Waals surface area contributed by atoms with Gasteiger partial charge in [0, 0.05) is 53.8 Å². The van der Waals surface area contributed by atoms with Crippen LogP contribution >= 0.6 is 11.6 Å². The van der Waals surface area contributed by atoms with Gasteiger partial charge < -0.3 is 9.80 Å². The molecule has 0 bridgehead atoms. The van der Waals surface area contributed by atoms with Gasteiger partial charge in [0.1, 0.15) is 18.0 Å². The van der Waals surface area contributed by atoms with E-state index in [0.717, 1.165) is 11.2 Å². The van der Waals surface area contributed by atoms with Crippen LogP contribution < -0.4 is 4.90 Å². The number of fused-ring (bicyclic) bond motifs is 1. The average Bonchev–Trinajstić information content (AvgIpc) is 2.73. The highest BCUT2D eigenvalue weighted by Crippen LogP contribution is 2.34. The van der Waals surface area contributed by atoms with Gasteiger partial charge in [0.2, 0.25) is 5.91 Å². The first-order valence-electron chi connectivity index (χ1n) is 8.94. The molecule has 0 spiro atoms. The molecule has 2 aromatic carbocycles. The molecule has 1 aliphatic rings. The highest BCUT2D eigenvalue weighted by Gasteiger charge is 2.22. The summed E-state index contributed by atoms with van der Waals surface area (Å²) in [7, 11) is 0. The van der Waals surface area contributed by atoms with Crippen molar-refractivity contribution in [2.24, 2.45) is 0 Å². The van der Waals surface area contributed by atoms with Crippen LogP contribution in [-0.2, 0) is 4.79 Å². The van der Waals surface area contributed by atoms with E-state index in [1.54, 1.807) is 23.1 Å². The SMILES string of the molecule is C=CC(=O)N1CCN(c2ncnc3cc(F)c(-c4ccccc4Cl)cc23)CC1. The van der Waals surface area contributed by atoms with Crippen LogP contribution in [0.3, 0.4) is 0 Å². The minimum atomic E-state index is -0.383. The van der Waals surface area contributed by atoms with E-state index in [0.29, 0.717) is 47.8 Å². The Kier molecular flexibility index (Phi) is 4.96. The largest absolute Gasteiger partial charge is 0.352 e. The second kappa shape index (κ2) is 7.56. The topological polar surface area (TPSA) is 49.3 Å². The summed E-state index contributed by atoms with van der Waals surface area (Å²) in [6, 6.07) is 10.3. The van der Waals surface area contributed by atoms with Gasteiger partial charge in [-0.1, -0.05) is 36.4 Å². The van der Waals surface area contributed by atoms with Crippen LogP contribution in [0.15, 0.2) is 55.4 Å². The van der Waals surface area contributed by atoms with Crippen LogP contribution in [0.2, 0.25) is 5.02 Å². The van der Waals surface area contributed by atoms with Crippen molar-refractivity contribution in [1.29, 1.82) is 0 Å². The summed E-state index contributed by atoms with van der Waals surface area (Å²) in [6.45, 7) is 5.95. The number of halogens is 2. The predicted molar refractivity (Wildman–Crippen MR) is 109 cm³/mol. The number of carbonyl (C=O) groups is 1. The van der Waals surface area contributed by atoms with Crippen molar-refractivity contribution in [2.45, 2.75) is 0 Å². The van der Waals surface area contributed by atoms with Gasteiger partial charge in [-0.25, -0.2) is 14.4 Å². The number of hydrogen-bond acceptors (Lipinski definition) is 4. The van der Waals surface area contributed by atoms with Crippen molar-refractivity contribution in [3.8, 4) is 11.1 Å². The highest BCUT2D eigenvalue weighted by molar-refractivity contribution is 6.33. The van der Waals surface area contributed by atoms with E-state index >= 15 is 0 Å². The van der Waals surface area contributed by atoms with E-state index in [1.165, 1.54) is 18.5 Å². The van der Waals surface area contributed by atoms with Crippen LogP contribution in [0.4, 0.5) is 10.2 Å². The zero-order valence-corrected chi connectivity index (χ0v) is 15.9. The molecule has 0 saturated carbocycles. The summed E-state index contributed by atoms with van der Waals surface area (Å²) in [4.78, 5) is 24.3. The molecule has 0 atom stereocenters. The summed E-state index contributed by atoms with van der Waals surface area (Å²) < 4.78 is 14.8. The smallest absolute Gasteiger partial charge is 0.246 e. The average molecular weight is 397 g/mol. The summed E-state index contributed by atoms with van der Waals surface area (Å²) in [5.74, 6) is 0.269. The van der Waals surface area contributed by atoms with Gasteiger partial charge >= 0.3 is 0 Å². The first-order chi connectivity index (χ1) is 13.6. The zero-order chi connectivity index (χ0) is 19.7. The van der Waals surface area contributed by atoms with Crippen LogP contribution in [0.1, 0.15) is 0 Å². The minimum Gasteiger partial charge on any atom is -0.352 e. The van der Waals surface area contributed by atoms with E-state index in [2.05, 4.69) is 21.4 Å². The first kappa shape index (κ1) is 18.4. The van der Waals surface area contributed by atoms with Crippen LogP contribution in [-0.4, -0.2) is 47.0 Å². The molecular weight excluding hydrogens is 379 g/mol. The first-order valence-corrected chi connectivity index (χ1v) is 9.31. The summed E-state index contributed by atoms with van der Waals surface area (Å²) >= 11 is 6.28. The number of aromatic nitrogens is 2.